The lowest BCUT2D eigenvalue weighted by atomic mass is 10.2. The van der Waals surface area contributed by atoms with E-state index in [1.165, 1.54) is 0 Å². The van der Waals surface area contributed by atoms with Crippen LogP contribution in [0.4, 0.5) is 0 Å². The SMILES string of the molecule is CNCc1ccc(OCOCc2ccccc2)cn1. The van der Waals surface area contributed by atoms with Crippen molar-refractivity contribution in [3.8, 4) is 5.75 Å². The molecule has 0 saturated carbocycles. The van der Waals surface area contributed by atoms with Crippen LogP contribution in [0.15, 0.2) is 48.7 Å². The van der Waals surface area contributed by atoms with Gasteiger partial charge in [-0.05, 0) is 24.7 Å². The quantitative estimate of drug-likeness (QED) is 0.611. The fourth-order valence-electron chi connectivity index (χ4n) is 1.63. The van der Waals surface area contributed by atoms with Gasteiger partial charge in [-0.1, -0.05) is 30.3 Å². The summed E-state index contributed by atoms with van der Waals surface area (Å²) >= 11 is 0. The first-order chi connectivity index (χ1) is 9.38. The number of rotatable bonds is 7. The van der Waals surface area contributed by atoms with Crippen molar-refractivity contribution in [2.45, 2.75) is 13.2 Å². The molecule has 0 spiro atoms. The van der Waals surface area contributed by atoms with Crippen molar-refractivity contribution in [1.29, 1.82) is 0 Å². The molecule has 1 aromatic heterocycles. The van der Waals surface area contributed by atoms with Gasteiger partial charge in [-0.3, -0.25) is 4.98 Å². The maximum Gasteiger partial charge on any atom is 0.189 e. The zero-order valence-corrected chi connectivity index (χ0v) is 11.0. The average molecular weight is 258 g/mol. The van der Waals surface area contributed by atoms with E-state index in [9.17, 15) is 0 Å². The molecule has 4 nitrogen and oxygen atoms in total. The molecule has 0 fully saturated rings. The van der Waals surface area contributed by atoms with E-state index in [0.29, 0.717) is 12.4 Å². The van der Waals surface area contributed by atoms with Crippen LogP contribution >= 0.6 is 0 Å². The minimum atomic E-state index is 0.224. The number of aromatic nitrogens is 1. The molecule has 0 aliphatic heterocycles. The third-order valence-corrected chi connectivity index (χ3v) is 2.58. The van der Waals surface area contributed by atoms with Crippen molar-refractivity contribution in [3.05, 3.63) is 59.9 Å². The molecule has 0 amide bonds. The second-order valence-electron chi connectivity index (χ2n) is 4.11. The summed E-state index contributed by atoms with van der Waals surface area (Å²) in [6.45, 7) is 1.53. The van der Waals surface area contributed by atoms with Gasteiger partial charge < -0.3 is 14.8 Å². The molecule has 4 heteroatoms. The number of pyridine rings is 1. The van der Waals surface area contributed by atoms with Crippen LogP contribution in [-0.4, -0.2) is 18.8 Å². The van der Waals surface area contributed by atoms with E-state index >= 15 is 0 Å². The van der Waals surface area contributed by atoms with Gasteiger partial charge in [-0.15, -0.1) is 0 Å². The molecule has 2 rings (SSSR count). The first-order valence-corrected chi connectivity index (χ1v) is 6.22. The van der Waals surface area contributed by atoms with Gasteiger partial charge in [0.15, 0.2) is 6.79 Å². The summed E-state index contributed by atoms with van der Waals surface area (Å²) in [5.74, 6) is 0.716. The molecular formula is C15H18N2O2. The Bertz CT molecular complexity index is 471. The topological polar surface area (TPSA) is 43.4 Å². The van der Waals surface area contributed by atoms with Crippen LogP contribution in [0, 0.1) is 0 Å². The standard InChI is InChI=1S/C15H18N2O2/c1-16-9-14-7-8-15(10-17-14)19-12-18-11-13-5-3-2-4-6-13/h2-8,10,16H,9,11-12H2,1H3. The molecule has 0 radical (unpaired) electrons. The predicted molar refractivity (Wildman–Crippen MR) is 73.7 cm³/mol. The summed E-state index contributed by atoms with van der Waals surface area (Å²) in [4.78, 5) is 4.26. The molecule has 19 heavy (non-hydrogen) atoms. The van der Waals surface area contributed by atoms with Crippen molar-refractivity contribution < 1.29 is 9.47 Å². The van der Waals surface area contributed by atoms with Gasteiger partial charge >= 0.3 is 0 Å². The van der Waals surface area contributed by atoms with Gasteiger partial charge in [-0.2, -0.15) is 0 Å². The first kappa shape index (κ1) is 13.5. The summed E-state index contributed by atoms with van der Waals surface area (Å²) in [6, 6.07) is 13.8. The second-order valence-corrected chi connectivity index (χ2v) is 4.11. The van der Waals surface area contributed by atoms with Crippen molar-refractivity contribution in [2.75, 3.05) is 13.8 Å². The monoisotopic (exact) mass is 258 g/mol. The third kappa shape index (κ3) is 4.69. The number of nitrogens with one attached hydrogen (secondary N) is 1. The molecule has 0 aliphatic rings. The number of hydrogen-bond acceptors (Lipinski definition) is 4. The van der Waals surface area contributed by atoms with Crippen LogP contribution in [-0.2, 0) is 17.9 Å². The number of nitrogens with zero attached hydrogens (tertiary/aromatic N) is 1. The Morgan fingerprint density at radius 1 is 1.11 bits per heavy atom. The first-order valence-electron chi connectivity index (χ1n) is 6.22. The highest BCUT2D eigenvalue weighted by atomic mass is 16.7. The van der Waals surface area contributed by atoms with E-state index in [-0.39, 0.29) is 6.79 Å². The Kier molecular flexibility index (Phi) is 5.34. The largest absolute Gasteiger partial charge is 0.466 e. The normalized spacial score (nSPS) is 10.4. The van der Waals surface area contributed by atoms with E-state index in [1.54, 1.807) is 6.20 Å². The van der Waals surface area contributed by atoms with Gasteiger partial charge in [0, 0.05) is 6.54 Å². The number of hydrogen-bond donors (Lipinski definition) is 1. The Hall–Kier alpha value is -1.91. The highest BCUT2D eigenvalue weighted by Gasteiger charge is 1.97. The average Bonchev–Trinajstić information content (AvgIpc) is 2.47. The van der Waals surface area contributed by atoms with E-state index in [2.05, 4.69) is 10.3 Å². The lowest BCUT2D eigenvalue weighted by molar-refractivity contribution is 0.00484. The minimum absolute atomic E-state index is 0.224. The zero-order valence-electron chi connectivity index (χ0n) is 11.0. The molecule has 2 aromatic rings. The van der Waals surface area contributed by atoms with E-state index in [1.807, 2.05) is 49.5 Å². The highest BCUT2D eigenvalue weighted by molar-refractivity contribution is 5.19. The maximum absolute atomic E-state index is 5.46. The fourth-order valence-corrected chi connectivity index (χ4v) is 1.63. The smallest absolute Gasteiger partial charge is 0.189 e. The summed E-state index contributed by atoms with van der Waals surface area (Å²) in [5, 5.41) is 3.05. The van der Waals surface area contributed by atoms with Crippen LogP contribution in [0.5, 0.6) is 5.75 Å². The van der Waals surface area contributed by atoms with E-state index in [4.69, 9.17) is 9.47 Å². The van der Waals surface area contributed by atoms with E-state index < -0.39 is 0 Å². The molecule has 0 unspecified atom stereocenters. The molecular weight excluding hydrogens is 240 g/mol. The zero-order chi connectivity index (χ0) is 13.3. The van der Waals surface area contributed by atoms with Crippen molar-refractivity contribution in [3.63, 3.8) is 0 Å². The molecule has 0 saturated heterocycles. The molecule has 1 heterocycles. The summed E-state index contributed by atoms with van der Waals surface area (Å²) in [5.41, 5.74) is 2.12. The lowest BCUT2D eigenvalue weighted by Gasteiger charge is -2.07. The van der Waals surface area contributed by atoms with Crippen LogP contribution in [0.25, 0.3) is 0 Å². The minimum Gasteiger partial charge on any atom is -0.466 e. The predicted octanol–water partition coefficient (Wildman–Crippen LogP) is 2.35. The van der Waals surface area contributed by atoms with Crippen LogP contribution < -0.4 is 10.1 Å². The van der Waals surface area contributed by atoms with Gasteiger partial charge in [0.25, 0.3) is 0 Å². The molecule has 1 N–H and O–H groups in total. The molecule has 0 atom stereocenters. The summed E-state index contributed by atoms with van der Waals surface area (Å²) < 4.78 is 10.9. The van der Waals surface area contributed by atoms with Gasteiger partial charge in [0.1, 0.15) is 5.75 Å². The number of ether oxygens (including phenoxy) is 2. The van der Waals surface area contributed by atoms with Crippen LogP contribution in [0.2, 0.25) is 0 Å². The van der Waals surface area contributed by atoms with Crippen LogP contribution in [0.3, 0.4) is 0 Å². The Labute approximate surface area is 113 Å². The van der Waals surface area contributed by atoms with Crippen LogP contribution in [0.1, 0.15) is 11.3 Å². The van der Waals surface area contributed by atoms with Gasteiger partial charge in [0.05, 0.1) is 18.5 Å². The molecule has 100 valence electrons. The Morgan fingerprint density at radius 3 is 2.63 bits per heavy atom. The summed E-state index contributed by atoms with van der Waals surface area (Å²) in [7, 11) is 1.89. The van der Waals surface area contributed by atoms with Crippen molar-refractivity contribution in [2.24, 2.45) is 0 Å². The molecule has 0 bridgehead atoms. The lowest BCUT2D eigenvalue weighted by Crippen LogP contribution is -2.07. The fraction of sp³-hybridized carbons (Fsp3) is 0.267. The molecule has 1 aromatic carbocycles. The Balaban J connectivity index is 1.70. The van der Waals surface area contributed by atoms with E-state index in [0.717, 1.165) is 17.8 Å². The maximum atomic E-state index is 5.46. The highest BCUT2D eigenvalue weighted by Crippen LogP contribution is 2.09. The third-order valence-electron chi connectivity index (χ3n) is 2.58. The summed E-state index contributed by atoms with van der Waals surface area (Å²) in [6.07, 6.45) is 1.71. The Morgan fingerprint density at radius 2 is 1.95 bits per heavy atom. The van der Waals surface area contributed by atoms with Crippen molar-refractivity contribution >= 4 is 0 Å². The second kappa shape index (κ2) is 7.51. The molecule has 0 aliphatic carbocycles. The van der Waals surface area contributed by atoms with Gasteiger partial charge in [0.2, 0.25) is 0 Å². The van der Waals surface area contributed by atoms with Gasteiger partial charge in [-0.25, -0.2) is 0 Å². The number of benzene rings is 1. The van der Waals surface area contributed by atoms with Crippen molar-refractivity contribution in [1.82, 2.24) is 10.3 Å².